The zero-order valence-electron chi connectivity index (χ0n) is 13.9. The Labute approximate surface area is 129 Å². The highest BCUT2D eigenvalue weighted by atomic mass is 15.2. The Morgan fingerprint density at radius 2 is 2.14 bits per heavy atom. The maximum atomic E-state index is 6.06. The molecule has 118 valence electrons. The molecule has 2 heterocycles. The summed E-state index contributed by atoms with van der Waals surface area (Å²) >= 11 is 0. The zero-order valence-corrected chi connectivity index (χ0v) is 13.9. The molecule has 4 heteroatoms. The second kappa shape index (κ2) is 7.23. The predicted octanol–water partition coefficient (Wildman–Crippen LogP) is 2.49. The van der Waals surface area contributed by atoms with Crippen molar-refractivity contribution in [1.29, 1.82) is 0 Å². The van der Waals surface area contributed by atoms with Crippen molar-refractivity contribution in [1.82, 2.24) is 9.88 Å². The maximum Gasteiger partial charge on any atom is 0.128 e. The van der Waals surface area contributed by atoms with Gasteiger partial charge in [-0.1, -0.05) is 6.07 Å². The van der Waals surface area contributed by atoms with Crippen LogP contribution in [0.25, 0.3) is 0 Å². The Balaban J connectivity index is 1.94. The van der Waals surface area contributed by atoms with E-state index in [1.807, 2.05) is 6.20 Å². The van der Waals surface area contributed by atoms with Gasteiger partial charge in [-0.3, -0.25) is 4.90 Å². The van der Waals surface area contributed by atoms with Crippen molar-refractivity contribution in [2.24, 2.45) is 11.7 Å². The summed E-state index contributed by atoms with van der Waals surface area (Å²) in [7, 11) is 2.09. The normalized spacial score (nSPS) is 21.5. The Morgan fingerprint density at radius 3 is 2.71 bits per heavy atom. The SMILES string of the molecule is CC(N)C1CCCN(Cc2ccc(N(C)C(C)C)nc2)C1. The molecule has 0 spiro atoms. The molecule has 1 aliphatic rings. The number of aromatic nitrogens is 1. The minimum absolute atomic E-state index is 0.299. The third-order valence-electron chi connectivity index (χ3n) is 4.64. The highest BCUT2D eigenvalue weighted by Gasteiger charge is 2.22. The lowest BCUT2D eigenvalue weighted by Gasteiger charge is -2.34. The number of likely N-dealkylation sites (tertiary alicyclic amines) is 1. The van der Waals surface area contributed by atoms with Crippen molar-refractivity contribution in [3.63, 3.8) is 0 Å². The quantitative estimate of drug-likeness (QED) is 0.905. The molecule has 2 N–H and O–H groups in total. The summed E-state index contributed by atoms with van der Waals surface area (Å²) in [6.07, 6.45) is 4.54. The fraction of sp³-hybridized carbons (Fsp3) is 0.706. The van der Waals surface area contributed by atoms with Gasteiger partial charge < -0.3 is 10.6 Å². The van der Waals surface area contributed by atoms with E-state index in [9.17, 15) is 0 Å². The molecule has 2 atom stereocenters. The van der Waals surface area contributed by atoms with Gasteiger partial charge in [0.15, 0.2) is 0 Å². The number of hydrogen-bond donors (Lipinski definition) is 1. The fourth-order valence-electron chi connectivity index (χ4n) is 2.91. The van der Waals surface area contributed by atoms with Crippen LogP contribution in [0.2, 0.25) is 0 Å². The van der Waals surface area contributed by atoms with Crippen molar-refractivity contribution in [3.05, 3.63) is 23.9 Å². The maximum absolute atomic E-state index is 6.06. The monoisotopic (exact) mass is 290 g/mol. The first kappa shape index (κ1) is 16.2. The number of rotatable bonds is 5. The molecule has 0 aromatic carbocycles. The van der Waals surface area contributed by atoms with Crippen molar-refractivity contribution in [2.75, 3.05) is 25.0 Å². The number of pyridine rings is 1. The number of piperidine rings is 1. The molecular weight excluding hydrogens is 260 g/mol. The van der Waals surface area contributed by atoms with E-state index in [0.717, 1.165) is 18.9 Å². The first-order valence-electron chi connectivity index (χ1n) is 8.13. The van der Waals surface area contributed by atoms with Gasteiger partial charge in [0.1, 0.15) is 5.82 Å². The van der Waals surface area contributed by atoms with Gasteiger partial charge in [0, 0.05) is 38.4 Å². The van der Waals surface area contributed by atoms with E-state index in [1.54, 1.807) is 0 Å². The predicted molar refractivity (Wildman–Crippen MR) is 89.4 cm³/mol. The molecule has 1 aromatic rings. The summed E-state index contributed by atoms with van der Waals surface area (Å²) in [4.78, 5) is 9.30. The summed E-state index contributed by atoms with van der Waals surface area (Å²) in [5, 5.41) is 0. The molecule has 0 saturated carbocycles. The summed E-state index contributed by atoms with van der Waals surface area (Å²) < 4.78 is 0. The van der Waals surface area contributed by atoms with Crippen LogP contribution in [0.1, 0.15) is 39.2 Å². The van der Waals surface area contributed by atoms with Crippen LogP contribution in [0.4, 0.5) is 5.82 Å². The molecule has 2 rings (SSSR count). The minimum Gasteiger partial charge on any atom is -0.357 e. The van der Waals surface area contributed by atoms with Crippen LogP contribution in [-0.4, -0.2) is 42.1 Å². The largest absolute Gasteiger partial charge is 0.357 e. The third-order valence-corrected chi connectivity index (χ3v) is 4.64. The lowest BCUT2D eigenvalue weighted by atomic mass is 9.92. The number of hydrogen-bond acceptors (Lipinski definition) is 4. The van der Waals surface area contributed by atoms with Crippen molar-refractivity contribution in [3.8, 4) is 0 Å². The van der Waals surface area contributed by atoms with Crippen molar-refractivity contribution < 1.29 is 0 Å². The molecule has 1 saturated heterocycles. The van der Waals surface area contributed by atoms with Crippen LogP contribution in [0.15, 0.2) is 18.3 Å². The second-order valence-corrected chi connectivity index (χ2v) is 6.73. The van der Waals surface area contributed by atoms with Gasteiger partial charge in [0.25, 0.3) is 0 Å². The molecule has 0 radical (unpaired) electrons. The van der Waals surface area contributed by atoms with Gasteiger partial charge in [-0.2, -0.15) is 0 Å². The van der Waals surface area contributed by atoms with Crippen LogP contribution >= 0.6 is 0 Å². The van der Waals surface area contributed by atoms with Gasteiger partial charge in [-0.25, -0.2) is 4.98 Å². The minimum atomic E-state index is 0.299. The van der Waals surface area contributed by atoms with E-state index in [-0.39, 0.29) is 0 Å². The Bertz CT molecular complexity index is 427. The average molecular weight is 290 g/mol. The first-order chi connectivity index (χ1) is 9.97. The van der Waals surface area contributed by atoms with Crippen LogP contribution in [-0.2, 0) is 6.54 Å². The smallest absolute Gasteiger partial charge is 0.128 e. The van der Waals surface area contributed by atoms with Gasteiger partial charge >= 0.3 is 0 Å². The summed E-state index contributed by atoms with van der Waals surface area (Å²) in [6.45, 7) is 9.77. The van der Waals surface area contributed by atoms with E-state index in [1.165, 1.54) is 24.9 Å². The summed E-state index contributed by atoms with van der Waals surface area (Å²) in [5.74, 6) is 1.68. The second-order valence-electron chi connectivity index (χ2n) is 6.73. The number of anilines is 1. The van der Waals surface area contributed by atoms with E-state index in [0.29, 0.717) is 18.0 Å². The molecule has 0 amide bonds. The van der Waals surface area contributed by atoms with Crippen LogP contribution < -0.4 is 10.6 Å². The molecular formula is C17H30N4. The summed E-state index contributed by atoms with van der Waals surface area (Å²) in [6, 6.07) is 5.10. The molecule has 0 aliphatic carbocycles. The zero-order chi connectivity index (χ0) is 15.4. The molecule has 0 bridgehead atoms. The lowest BCUT2D eigenvalue weighted by molar-refractivity contribution is 0.154. The average Bonchev–Trinajstić information content (AvgIpc) is 2.47. The molecule has 1 aliphatic heterocycles. The van der Waals surface area contributed by atoms with Crippen LogP contribution in [0.5, 0.6) is 0 Å². The van der Waals surface area contributed by atoms with Crippen LogP contribution in [0.3, 0.4) is 0 Å². The van der Waals surface area contributed by atoms with E-state index >= 15 is 0 Å². The summed E-state index contributed by atoms with van der Waals surface area (Å²) in [5.41, 5.74) is 7.35. The Hall–Kier alpha value is -1.13. The Morgan fingerprint density at radius 1 is 1.38 bits per heavy atom. The van der Waals surface area contributed by atoms with E-state index in [4.69, 9.17) is 5.73 Å². The molecule has 1 fully saturated rings. The van der Waals surface area contributed by atoms with E-state index < -0.39 is 0 Å². The standard InChI is InChI=1S/C17H30N4/c1-13(2)20(4)17-8-7-15(10-19-17)11-21-9-5-6-16(12-21)14(3)18/h7-8,10,13-14,16H,5-6,9,11-12,18H2,1-4H3. The number of nitrogens with two attached hydrogens (primary N) is 1. The molecule has 21 heavy (non-hydrogen) atoms. The van der Waals surface area contributed by atoms with E-state index in [2.05, 4.69) is 54.7 Å². The molecule has 4 nitrogen and oxygen atoms in total. The Kier molecular flexibility index (Phi) is 5.59. The fourth-order valence-corrected chi connectivity index (χ4v) is 2.91. The van der Waals surface area contributed by atoms with Gasteiger partial charge in [0.05, 0.1) is 0 Å². The van der Waals surface area contributed by atoms with Gasteiger partial charge in [0.2, 0.25) is 0 Å². The number of nitrogens with zero attached hydrogens (tertiary/aromatic N) is 3. The first-order valence-corrected chi connectivity index (χ1v) is 8.13. The topological polar surface area (TPSA) is 45.4 Å². The molecule has 1 aromatic heterocycles. The lowest BCUT2D eigenvalue weighted by Crippen LogP contribution is -2.41. The van der Waals surface area contributed by atoms with Crippen molar-refractivity contribution in [2.45, 2.75) is 52.2 Å². The highest BCUT2D eigenvalue weighted by molar-refractivity contribution is 5.39. The van der Waals surface area contributed by atoms with Crippen molar-refractivity contribution >= 4 is 5.82 Å². The van der Waals surface area contributed by atoms with Gasteiger partial charge in [-0.05, 0) is 57.7 Å². The van der Waals surface area contributed by atoms with Gasteiger partial charge in [-0.15, -0.1) is 0 Å². The third kappa shape index (κ3) is 4.42. The van der Waals surface area contributed by atoms with Crippen LogP contribution in [0, 0.1) is 5.92 Å². The highest BCUT2D eigenvalue weighted by Crippen LogP contribution is 2.21. The molecule has 2 unspecified atom stereocenters.